The van der Waals surface area contributed by atoms with Gasteiger partial charge in [-0.3, -0.25) is 0 Å². The molecule has 0 spiro atoms. The lowest BCUT2D eigenvalue weighted by Crippen LogP contribution is -1.96. The molecule has 0 unspecified atom stereocenters. The van der Waals surface area contributed by atoms with Crippen molar-refractivity contribution in [1.82, 2.24) is 9.97 Å². The highest BCUT2D eigenvalue weighted by molar-refractivity contribution is 5.93. The fraction of sp³-hybridized carbons (Fsp3) is 0.125. The van der Waals surface area contributed by atoms with Crippen LogP contribution in [0.15, 0.2) is 42.7 Å². The molecule has 3 aromatic rings. The van der Waals surface area contributed by atoms with Crippen molar-refractivity contribution in [2.24, 2.45) is 0 Å². The van der Waals surface area contributed by atoms with E-state index in [1.807, 2.05) is 24.3 Å². The average Bonchev–Trinajstić information content (AvgIpc) is 2.93. The molecule has 1 aliphatic rings. The molecule has 22 heavy (non-hydrogen) atoms. The fourth-order valence-corrected chi connectivity index (χ4v) is 2.41. The molecule has 112 valence electrons. The first-order chi connectivity index (χ1) is 10.3. The number of aromatic nitrogens is 2. The topological polar surface area (TPSA) is 56.3 Å². The van der Waals surface area contributed by atoms with Gasteiger partial charge in [0.2, 0.25) is 6.79 Å². The molecular weight excluding hydrogens is 302 g/mol. The molecule has 1 aromatic heterocycles. The normalized spacial score (nSPS) is 12.0. The molecule has 2 aromatic carbocycles. The van der Waals surface area contributed by atoms with Crippen molar-refractivity contribution >= 4 is 34.8 Å². The van der Waals surface area contributed by atoms with Gasteiger partial charge in [-0.2, -0.15) is 0 Å². The van der Waals surface area contributed by atoms with Crippen LogP contribution >= 0.6 is 12.4 Å². The lowest BCUT2D eigenvalue weighted by Gasteiger charge is -2.09. The third kappa shape index (κ3) is 2.51. The van der Waals surface area contributed by atoms with Gasteiger partial charge in [0.1, 0.15) is 12.1 Å². The first kappa shape index (κ1) is 14.4. The zero-order chi connectivity index (χ0) is 14.2. The fourth-order valence-electron chi connectivity index (χ4n) is 2.41. The third-order valence-corrected chi connectivity index (χ3v) is 3.41. The van der Waals surface area contributed by atoms with E-state index in [-0.39, 0.29) is 19.2 Å². The zero-order valence-corrected chi connectivity index (χ0v) is 12.7. The van der Waals surface area contributed by atoms with Gasteiger partial charge in [0.05, 0.1) is 5.52 Å². The van der Waals surface area contributed by atoms with E-state index in [0.717, 1.165) is 33.9 Å². The van der Waals surface area contributed by atoms with Crippen LogP contribution in [-0.2, 0) is 0 Å². The molecule has 0 atom stereocenters. The summed E-state index contributed by atoms with van der Waals surface area (Å²) in [5.74, 6) is 2.20. The standard InChI is InChI=1S/C16H13N3O2.ClH/c1-10-3-2-4-11(5-10)19-16-12-6-14-15(21-9-20-14)7-13(12)17-8-18-16;/h2-8H,9H2,1H3,(H,17,18,19);1H. The maximum Gasteiger partial charge on any atom is 0.231 e. The number of ether oxygens (including phenoxy) is 2. The Balaban J connectivity index is 0.00000144. The molecule has 0 amide bonds. The van der Waals surface area contributed by atoms with Gasteiger partial charge in [-0.15, -0.1) is 12.4 Å². The molecule has 0 fully saturated rings. The predicted octanol–water partition coefficient (Wildman–Crippen LogP) is 3.83. The molecule has 5 nitrogen and oxygen atoms in total. The highest BCUT2D eigenvalue weighted by atomic mass is 35.5. The summed E-state index contributed by atoms with van der Waals surface area (Å²) in [4.78, 5) is 8.63. The van der Waals surface area contributed by atoms with Gasteiger partial charge in [0.25, 0.3) is 0 Å². The van der Waals surface area contributed by atoms with Crippen LogP contribution in [0.3, 0.4) is 0 Å². The van der Waals surface area contributed by atoms with Gasteiger partial charge < -0.3 is 14.8 Å². The lowest BCUT2D eigenvalue weighted by atomic mass is 10.2. The van der Waals surface area contributed by atoms with Crippen LogP contribution in [0, 0.1) is 6.92 Å². The number of hydrogen-bond acceptors (Lipinski definition) is 5. The minimum absolute atomic E-state index is 0. The Morgan fingerprint density at radius 3 is 2.68 bits per heavy atom. The van der Waals surface area contributed by atoms with Crippen LogP contribution < -0.4 is 14.8 Å². The van der Waals surface area contributed by atoms with Gasteiger partial charge in [-0.25, -0.2) is 9.97 Å². The Hall–Kier alpha value is -2.53. The van der Waals surface area contributed by atoms with E-state index in [1.54, 1.807) is 6.33 Å². The summed E-state index contributed by atoms with van der Waals surface area (Å²) in [6, 6.07) is 11.9. The lowest BCUT2D eigenvalue weighted by molar-refractivity contribution is 0.174. The van der Waals surface area contributed by atoms with E-state index in [9.17, 15) is 0 Å². The number of benzene rings is 2. The molecule has 0 saturated heterocycles. The van der Waals surface area contributed by atoms with Crippen LogP contribution in [0.2, 0.25) is 0 Å². The quantitative estimate of drug-likeness (QED) is 0.779. The molecule has 0 saturated carbocycles. The number of hydrogen-bond donors (Lipinski definition) is 1. The van der Waals surface area contributed by atoms with Gasteiger partial charge in [-0.05, 0) is 30.7 Å². The minimum Gasteiger partial charge on any atom is -0.454 e. The molecular formula is C16H14ClN3O2. The summed E-state index contributed by atoms with van der Waals surface area (Å²) in [6.45, 7) is 2.31. The SMILES string of the molecule is Cc1cccc(Nc2ncnc3cc4c(cc23)OCO4)c1.Cl. The molecule has 0 bridgehead atoms. The van der Waals surface area contributed by atoms with E-state index >= 15 is 0 Å². The number of fused-ring (bicyclic) bond motifs is 2. The minimum atomic E-state index is 0. The molecule has 0 aliphatic carbocycles. The van der Waals surface area contributed by atoms with Crippen molar-refractivity contribution in [3.05, 3.63) is 48.3 Å². The smallest absolute Gasteiger partial charge is 0.231 e. The van der Waals surface area contributed by atoms with Crippen molar-refractivity contribution in [2.75, 3.05) is 12.1 Å². The second-order valence-corrected chi connectivity index (χ2v) is 4.94. The summed E-state index contributed by atoms with van der Waals surface area (Å²) in [5, 5.41) is 4.24. The Morgan fingerprint density at radius 1 is 1.05 bits per heavy atom. The predicted molar refractivity (Wildman–Crippen MR) is 87.4 cm³/mol. The molecule has 4 rings (SSSR count). The van der Waals surface area contributed by atoms with E-state index < -0.39 is 0 Å². The highest BCUT2D eigenvalue weighted by Crippen LogP contribution is 2.37. The Kier molecular flexibility index (Phi) is 3.73. The molecule has 1 aliphatic heterocycles. The Bertz CT molecular complexity index is 839. The third-order valence-electron chi connectivity index (χ3n) is 3.41. The molecule has 1 N–H and O–H groups in total. The maximum atomic E-state index is 5.43. The second kappa shape index (κ2) is 5.69. The van der Waals surface area contributed by atoms with Gasteiger partial charge in [-0.1, -0.05) is 12.1 Å². The van der Waals surface area contributed by atoms with Crippen LogP contribution in [0.1, 0.15) is 5.56 Å². The molecule has 2 heterocycles. The number of nitrogens with zero attached hydrogens (tertiary/aromatic N) is 2. The second-order valence-electron chi connectivity index (χ2n) is 4.94. The van der Waals surface area contributed by atoms with Gasteiger partial charge in [0.15, 0.2) is 11.5 Å². The number of anilines is 2. The van der Waals surface area contributed by atoms with Crippen LogP contribution in [-0.4, -0.2) is 16.8 Å². The van der Waals surface area contributed by atoms with E-state index in [0.29, 0.717) is 0 Å². The maximum absolute atomic E-state index is 5.43. The van der Waals surface area contributed by atoms with E-state index in [4.69, 9.17) is 9.47 Å². The summed E-state index contributed by atoms with van der Waals surface area (Å²) in [6.07, 6.45) is 1.54. The average molecular weight is 316 g/mol. The first-order valence-corrected chi connectivity index (χ1v) is 6.68. The largest absolute Gasteiger partial charge is 0.454 e. The van der Waals surface area contributed by atoms with E-state index in [2.05, 4.69) is 34.3 Å². The van der Waals surface area contributed by atoms with Crippen LogP contribution in [0.25, 0.3) is 10.9 Å². The number of nitrogens with one attached hydrogen (secondary N) is 1. The number of aryl methyl sites for hydroxylation is 1. The highest BCUT2D eigenvalue weighted by Gasteiger charge is 2.16. The zero-order valence-electron chi connectivity index (χ0n) is 11.9. The Labute approximate surface area is 133 Å². The van der Waals surface area contributed by atoms with Gasteiger partial charge in [0, 0.05) is 17.1 Å². The van der Waals surface area contributed by atoms with Crippen molar-refractivity contribution in [3.63, 3.8) is 0 Å². The van der Waals surface area contributed by atoms with Gasteiger partial charge >= 0.3 is 0 Å². The first-order valence-electron chi connectivity index (χ1n) is 6.68. The summed E-state index contributed by atoms with van der Waals surface area (Å²) >= 11 is 0. The summed E-state index contributed by atoms with van der Waals surface area (Å²) < 4.78 is 10.8. The monoisotopic (exact) mass is 315 g/mol. The van der Waals surface area contributed by atoms with Crippen LogP contribution in [0.4, 0.5) is 11.5 Å². The van der Waals surface area contributed by atoms with Crippen molar-refractivity contribution in [3.8, 4) is 11.5 Å². The summed E-state index contributed by atoms with van der Waals surface area (Å²) in [5.41, 5.74) is 3.01. The van der Waals surface area contributed by atoms with Crippen molar-refractivity contribution in [2.45, 2.75) is 6.92 Å². The van der Waals surface area contributed by atoms with E-state index in [1.165, 1.54) is 5.56 Å². The number of halogens is 1. The Morgan fingerprint density at radius 2 is 1.86 bits per heavy atom. The van der Waals surface area contributed by atoms with Crippen molar-refractivity contribution < 1.29 is 9.47 Å². The summed E-state index contributed by atoms with van der Waals surface area (Å²) in [7, 11) is 0. The van der Waals surface area contributed by atoms with Crippen LogP contribution in [0.5, 0.6) is 11.5 Å². The molecule has 6 heteroatoms. The van der Waals surface area contributed by atoms with Crippen molar-refractivity contribution in [1.29, 1.82) is 0 Å². The number of rotatable bonds is 2. The molecule has 0 radical (unpaired) electrons.